The van der Waals surface area contributed by atoms with Crippen LogP contribution in [0.3, 0.4) is 0 Å². The minimum absolute atomic E-state index is 0.0499. The van der Waals surface area contributed by atoms with Crippen molar-refractivity contribution in [2.75, 3.05) is 63.2 Å². The number of carbonyl (C=O) groups excluding carboxylic acids is 3. The smallest absolute Gasteiger partial charge is 0.253 e. The fraction of sp³-hybridized carbons (Fsp3) is 0.423. The zero-order chi connectivity index (χ0) is 24.8. The van der Waals surface area contributed by atoms with Crippen molar-refractivity contribution in [1.29, 1.82) is 0 Å². The second-order valence-electron chi connectivity index (χ2n) is 8.99. The summed E-state index contributed by atoms with van der Waals surface area (Å²) in [6, 6.07) is 14.4. The maximum Gasteiger partial charge on any atom is 0.253 e. The van der Waals surface area contributed by atoms with E-state index in [4.69, 9.17) is 16.3 Å². The number of likely N-dealkylation sites (N-methyl/N-ethyl adjacent to an activating group) is 1. The summed E-state index contributed by atoms with van der Waals surface area (Å²) < 4.78 is 5.38. The fourth-order valence-electron chi connectivity index (χ4n) is 4.52. The van der Waals surface area contributed by atoms with Gasteiger partial charge in [0.2, 0.25) is 11.8 Å². The molecule has 2 aromatic rings. The van der Waals surface area contributed by atoms with E-state index in [1.54, 1.807) is 36.2 Å². The molecule has 2 heterocycles. The van der Waals surface area contributed by atoms with Gasteiger partial charge in [0.1, 0.15) is 0 Å². The molecule has 0 spiro atoms. The fourth-order valence-corrected chi connectivity index (χ4v) is 4.65. The van der Waals surface area contributed by atoms with E-state index in [1.807, 2.05) is 24.3 Å². The minimum Gasteiger partial charge on any atom is -0.378 e. The van der Waals surface area contributed by atoms with Crippen LogP contribution in [0.25, 0.3) is 0 Å². The molecule has 35 heavy (non-hydrogen) atoms. The number of amides is 3. The second-order valence-corrected chi connectivity index (χ2v) is 9.42. The van der Waals surface area contributed by atoms with Gasteiger partial charge in [-0.2, -0.15) is 0 Å². The number of hydrogen-bond acceptors (Lipinski definition) is 5. The summed E-state index contributed by atoms with van der Waals surface area (Å²) >= 11 is 5.92. The molecule has 2 fully saturated rings. The second kappa shape index (κ2) is 11.6. The third-order valence-corrected chi connectivity index (χ3v) is 6.69. The Morgan fingerprint density at radius 2 is 1.71 bits per heavy atom. The van der Waals surface area contributed by atoms with Gasteiger partial charge < -0.3 is 24.8 Å². The molecule has 4 rings (SSSR count). The lowest BCUT2D eigenvalue weighted by Gasteiger charge is -2.34. The van der Waals surface area contributed by atoms with Crippen molar-refractivity contribution in [2.24, 2.45) is 5.92 Å². The number of anilines is 2. The first-order chi connectivity index (χ1) is 16.9. The van der Waals surface area contributed by atoms with Crippen LogP contribution < -0.4 is 10.2 Å². The summed E-state index contributed by atoms with van der Waals surface area (Å²) in [4.78, 5) is 43.8. The summed E-state index contributed by atoms with van der Waals surface area (Å²) in [5.41, 5.74) is 2.33. The SMILES string of the molecule is CN(CC(=O)Nc1ccc(N2CCOCC2)cc1)C(=O)C1CCCN(C(=O)c2ccc(Cl)cc2)C1. The first kappa shape index (κ1) is 25.0. The lowest BCUT2D eigenvalue weighted by atomic mass is 9.96. The van der Waals surface area contributed by atoms with E-state index < -0.39 is 0 Å². The molecule has 0 bridgehead atoms. The van der Waals surface area contributed by atoms with E-state index in [9.17, 15) is 14.4 Å². The van der Waals surface area contributed by atoms with E-state index in [0.717, 1.165) is 25.2 Å². The molecule has 186 valence electrons. The first-order valence-electron chi connectivity index (χ1n) is 11.9. The Kier molecular flexibility index (Phi) is 8.25. The standard InChI is InChI=1S/C26H31ClN4O4/c1-29(18-24(32)28-22-8-10-23(11-9-22)30-13-15-35-16-14-30)25(33)20-3-2-12-31(17-20)26(34)19-4-6-21(27)7-5-19/h4-11,20H,2-3,12-18H2,1H3,(H,28,32). The van der Waals surface area contributed by atoms with Crippen molar-refractivity contribution in [3.05, 3.63) is 59.1 Å². The van der Waals surface area contributed by atoms with Gasteiger partial charge in [0, 0.05) is 55.2 Å². The number of likely N-dealkylation sites (tertiary alicyclic amines) is 1. The summed E-state index contributed by atoms with van der Waals surface area (Å²) in [6.45, 7) is 4.03. The van der Waals surface area contributed by atoms with E-state index in [2.05, 4.69) is 10.2 Å². The summed E-state index contributed by atoms with van der Waals surface area (Å²) in [6.07, 6.45) is 1.43. The molecular formula is C26H31ClN4O4. The number of nitrogens with zero attached hydrogens (tertiary/aromatic N) is 3. The monoisotopic (exact) mass is 498 g/mol. The van der Waals surface area contributed by atoms with E-state index >= 15 is 0 Å². The van der Waals surface area contributed by atoms with Crippen molar-refractivity contribution < 1.29 is 19.1 Å². The summed E-state index contributed by atoms with van der Waals surface area (Å²) in [5, 5.41) is 3.43. The van der Waals surface area contributed by atoms with Crippen LogP contribution in [0, 0.1) is 5.92 Å². The Labute approximate surface area is 210 Å². The number of piperidine rings is 1. The lowest BCUT2D eigenvalue weighted by molar-refractivity contribution is -0.138. The van der Waals surface area contributed by atoms with Gasteiger partial charge in [-0.05, 0) is 61.4 Å². The van der Waals surface area contributed by atoms with Crippen LogP contribution in [0.15, 0.2) is 48.5 Å². The molecule has 0 radical (unpaired) electrons. The topological polar surface area (TPSA) is 82.2 Å². The molecule has 2 aliphatic heterocycles. The Bertz CT molecular complexity index is 1040. The first-order valence-corrected chi connectivity index (χ1v) is 12.3. The van der Waals surface area contributed by atoms with Gasteiger partial charge in [0.15, 0.2) is 0 Å². The van der Waals surface area contributed by atoms with Crippen molar-refractivity contribution in [3.8, 4) is 0 Å². The summed E-state index contributed by atoms with van der Waals surface area (Å²) in [7, 11) is 1.63. The highest BCUT2D eigenvalue weighted by atomic mass is 35.5. The molecule has 3 amide bonds. The quantitative estimate of drug-likeness (QED) is 0.661. The number of morpholine rings is 1. The third kappa shape index (κ3) is 6.52. The van der Waals surface area contributed by atoms with E-state index in [0.29, 0.717) is 49.0 Å². The van der Waals surface area contributed by atoms with E-state index in [-0.39, 0.29) is 30.2 Å². The van der Waals surface area contributed by atoms with Gasteiger partial charge in [0.25, 0.3) is 5.91 Å². The molecule has 1 atom stereocenters. The molecule has 1 N–H and O–H groups in total. The number of benzene rings is 2. The van der Waals surface area contributed by atoms with E-state index in [1.165, 1.54) is 4.90 Å². The maximum atomic E-state index is 13.0. The molecule has 0 saturated carbocycles. The van der Waals surface area contributed by atoms with Crippen LogP contribution in [0.5, 0.6) is 0 Å². The lowest BCUT2D eigenvalue weighted by Crippen LogP contribution is -2.47. The Morgan fingerprint density at radius 1 is 1.03 bits per heavy atom. The predicted molar refractivity (Wildman–Crippen MR) is 136 cm³/mol. The van der Waals surface area contributed by atoms with Gasteiger partial charge in [-0.3, -0.25) is 14.4 Å². The number of halogens is 1. The van der Waals surface area contributed by atoms with Crippen LogP contribution in [-0.2, 0) is 14.3 Å². The van der Waals surface area contributed by atoms with Gasteiger partial charge in [-0.1, -0.05) is 11.6 Å². The highest BCUT2D eigenvalue weighted by Crippen LogP contribution is 2.22. The average Bonchev–Trinajstić information content (AvgIpc) is 2.89. The third-order valence-electron chi connectivity index (χ3n) is 6.43. The zero-order valence-electron chi connectivity index (χ0n) is 19.9. The van der Waals surface area contributed by atoms with Gasteiger partial charge in [-0.25, -0.2) is 0 Å². The molecule has 0 aliphatic carbocycles. The number of carbonyl (C=O) groups is 3. The molecule has 1 unspecified atom stereocenters. The Balaban J connectivity index is 1.28. The number of nitrogens with one attached hydrogen (secondary N) is 1. The average molecular weight is 499 g/mol. The van der Waals surface area contributed by atoms with Crippen molar-refractivity contribution >= 4 is 40.7 Å². The minimum atomic E-state index is -0.328. The molecule has 8 nitrogen and oxygen atoms in total. The largest absolute Gasteiger partial charge is 0.378 e. The normalized spacial score (nSPS) is 18.2. The number of hydrogen-bond donors (Lipinski definition) is 1. The van der Waals surface area contributed by atoms with Gasteiger partial charge in [-0.15, -0.1) is 0 Å². The molecule has 2 saturated heterocycles. The number of rotatable bonds is 6. The Morgan fingerprint density at radius 3 is 2.40 bits per heavy atom. The van der Waals surface area contributed by atoms with Crippen molar-refractivity contribution in [1.82, 2.24) is 9.80 Å². The van der Waals surface area contributed by atoms with Crippen LogP contribution in [0.4, 0.5) is 11.4 Å². The predicted octanol–water partition coefficient (Wildman–Crippen LogP) is 3.13. The maximum absolute atomic E-state index is 13.0. The molecular weight excluding hydrogens is 468 g/mol. The highest BCUT2D eigenvalue weighted by Gasteiger charge is 2.31. The number of ether oxygens (including phenoxy) is 1. The summed E-state index contributed by atoms with van der Waals surface area (Å²) in [5.74, 6) is -0.827. The molecule has 9 heteroatoms. The van der Waals surface area contributed by atoms with Crippen LogP contribution in [0.2, 0.25) is 5.02 Å². The highest BCUT2D eigenvalue weighted by molar-refractivity contribution is 6.30. The van der Waals surface area contributed by atoms with Crippen LogP contribution >= 0.6 is 11.6 Å². The van der Waals surface area contributed by atoms with Crippen LogP contribution in [-0.4, -0.2) is 80.5 Å². The molecule has 2 aromatic carbocycles. The van der Waals surface area contributed by atoms with Gasteiger partial charge >= 0.3 is 0 Å². The van der Waals surface area contributed by atoms with Crippen molar-refractivity contribution in [2.45, 2.75) is 12.8 Å². The molecule has 2 aliphatic rings. The van der Waals surface area contributed by atoms with Gasteiger partial charge in [0.05, 0.1) is 25.7 Å². The molecule has 0 aromatic heterocycles. The van der Waals surface area contributed by atoms with Crippen molar-refractivity contribution in [3.63, 3.8) is 0 Å². The van der Waals surface area contributed by atoms with Crippen LogP contribution in [0.1, 0.15) is 23.2 Å². The Hall–Kier alpha value is -3.10. The zero-order valence-corrected chi connectivity index (χ0v) is 20.7.